The molecular formula is C22H27BrN2O4. The zero-order valence-electron chi connectivity index (χ0n) is 16.9. The predicted molar refractivity (Wildman–Crippen MR) is 118 cm³/mol. The number of nitrogens with zero attached hydrogens (tertiary/aromatic N) is 2. The van der Waals surface area contributed by atoms with E-state index in [1.165, 1.54) is 0 Å². The Kier molecular flexibility index (Phi) is 6.49. The van der Waals surface area contributed by atoms with Gasteiger partial charge in [0.05, 0.1) is 31.6 Å². The molecule has 1 saturated carbocycles. The first-order valence-electron chi connectivity index (χ1n) is 9.79. The van der Waals surface area contributed by atoms with Crippen molar-refractivity contribution in [1.82, 2.24) is 4.57 Å². The number of methoxy groups -OCH3 is 1. The second kappa shape index (κ2) is 8.71. The van der Waals surface area contributed by atoms with Crippen molar-refractivity contribution in [3.8, 4) is 11.5 Å². The summed E-state index contributed by atoms with van der Waals surface area (Å²) < 4.78 is 12.9. The van der Waals surface area contributed by atoms with Gasteiger partial charge in [-0.25, -0.2) is 0 Å². The van der Waals surface area contributed by atoms with E-state index in [9.17, 15) is 9.90 Å². The molecule has 4 rings (SSSR count). The number of rotatable bonds is 4. The molecular weight excluding hydrogens is 436 g/mol. The van der Waals surface area contributed by atoms with Crippen LogP contribution in [0.3, 0.4) is 0 Å². The lowest BCUT2D eigenvalue weighted by Crippen LogP contribution is -2.34. The quantitative estimate of drug-likeness (QED) is 0.756. The van der Waals surface area contributed by atoms with E-state index < -0.39 is 0 Å². The minimum Gasteiger partial charge on any atom is -0.493 e. The molecule has 1 fully saturated rings. The van der Waals surface area contributed by atoms with Gasteiger partial charge < -0.3 is 19.1 Å². The second-order valence-electron chi connectivity index (χ2n) is 7.51. The number of hydrogen-bond donors (Lipinski definition) is 1. The number of aryl methyl sites for hydroxylation is 1. The van der Waals surface area contributed by atoms with Crippen molar-refractivity contribution in [1.29, 1.82) is 0 Å². The summed E-state index contributed by atoms with van der Waals surface area (Å²) in [5.41, 5.74) is 3.83. The second-order valence-corrected chi connectivity index (χ2v) is 7.51. The third-order valence-corrected chi connectivity index (χ3v) is 5.73. The van der Waals surface area contributed by atoms with Crippen molar-refractivity contribution in [2.24, 2.45) is 12.0 Å². The van der Waals surface area contributed by atoms with Crippen LogP contribution < -0.4 is 15.0 Å². The summed E-state index contributed by atoms with van der Waals surface area (Å²) in [7, 11) is 3.37. The minimum absolute atomic E-state index is 0. The van der Waals surface area contributed by atoms with Crippen molar-refractivity contribution >= 4 is 22.7 Å². The number of aromatic nitrogens is 1. The molecule has 2 aliphatic rings. The topological polar surface area (TPSA) is 73.0 Å². The van der Waals surface area contributed by atoms with Gasteiger partial charge in [-0.2, -0.15) is 0 Å². The average Bonchev–Trinajstić information content (AvgIpc) is 2.69. The molecule has 0 radical (unpaired) electrons. The Labute approximate surface area is 181 Å². The van der Waals surface area contributed by atoms with E-state index in [2.05, 4.69) is 0 Å². The standard InChI is InChI=1S/C22H26N2O4.BrH/c1-4-28-20-10-15-16-9-14(25)6-7-18(16)23-22(17(15)11-19(20)27-3)13-5-8-21(26)24(2)12-13;/h5,8,10-12,14,16,18,25H,4,6-7,9H2,1-3H3;1H/t14-,16-,18-;/m1./s1. The first-order chi connectivity index (χ1) is 13.5. The van der Waals surface area contributed by atoms with Crippen LogP contribution in [-0.4, -0.2) is 41.2 Å². The molecule has 2 heterocycles. The van der Waals surface area contributed by atoms with Crippen LogP contribution in [0.2, 0.25) is 0 Å². The molecule has 1 aromatic heterocycles. The Morgan fingerprint density at radius 1 is 1.24 bits per heavy atom. The lowest BCUT2D eigenvalue weighted by Gasteiger charge is -2.37. The van der Waals surface area contributed by atoms with E-state index >= 15 is 0 Å². The third kappa shape index (κ3) is 3.98. The highest BCUT2D eigenvalue weighted by Crippen LogP contribution is 2.44. The molecule has 0 spiro atoms. The van der Waals surface area contributed by atoms with Crippen LogP contribution in [-0.2, 0) is 7.05 Å². The van der Waals surface area contributed by atoms with Crippen LogP contribution in [0.1, 0.15) is 48.8 Å². The zero-order chi connectivity index (χ0) is 19.8. The molecule has 0 saturated heterocycles. The molecule has 0 bridgehead atoms. The van der Waals surface area contributed by atoms with Crippen LogP contribution in [0.5, 0.6) is 11.5 Å². The highest BCUT2D eigenvalue weighted by atomic mass is 79.9. The summed E-state index contributed by atoms with van der Waals surface area (Å²) >= 11 is 0. The van der Waals surface area contributed by atoms with Gasteiger partial charge in [-0.3, -0.25) is 9.79 Å². The molecule has 6 nitrogen and oxygen atoms in total. The van der Waals surface area contributed by atoms with Gasteiger partial charge in [-0.05, 0) is 49.9 Å². The highest BCUT2D eigenvalue weighted by Gasteiger charge is 2.37. The molecule has 3 atom stereocenters. The van der Waals surface area contributed by atoms with Crippen molar-refractivity contribution in [2.45, 2.75) is 44.2 Å². The molecule has 2 aromatic rings. The maximum Gasteiger partial charge on any atom is 0.250 e. The highest BCUT2D eigenvalue weighted by molar-refractivity contribution is 8.93. The van der Waals surface area contributed by atoms with E-state index in [0.717, 1.165) is 35.2 Å². The number of hydrogen-bond acceptors (Lipinski definition) is 5. The summed E-state index contributed by atoms with van der Waals surface area (Å²) in [5, 5.41) is 10.3. The van der Waals surface area contributed by atoms with Crippen molar-refractivity contribution < 1.29 is 14.6 Å². The van der Waals surface area contributed by atoms with Gasteiger partial charge in [0.25, 0.3) is 0 Å². The predicted octanol–water partition coefficient (Wildman–Crippen LogP) is 3.22. The molecule has 7 heteroatoms. The van der Waals surface area contributed by atoms with Crippen LogP contribution in [0.4, 0.5) is 0 Å². The number of halogens is 1. The Balaban J connectivity index is 0.00000240. The fourth-order valence-electron chi connectivity index (χ4n) is 4.34. The van der Waals surface area contributed by atoms with Gasteiger partial charge in [-0.15, -0.1) is 17.0 Å². The zero-order valence-corrected chi connectivity index (χ0v) is 18.6. The van der Waals surface area contributed by atoms with Gasteiger partial charge in [0.15, 0.2) is 11.5 Å². The fraction of sp³-hybridized carbons (Fsp3) is 0.455. The summed E-state index contributed by atoms with van der Waals surface area (Å²) in [6, 6.07) is 7.53. The summed E-state index contributed by atoms with van der Waals surface area (Å²) in [6.45, 7) is 2.50. The van der Waals surface area contributed by atoms with Gasteiger partial charge in [-0.1, -0.05) is 0 Å². The molecule has 0 amide bonds. The van der Waals surface area contributed by atoms with Crippen LogP contribution in [0.15, 0.2) is 40.2 Å². The monoisotopic (exact) mass is 462 g/mol. The Bertz CT molecular complexity index is 985. The molecule has 1 aliphatic heterocycles. The number of aliphatic hydroxyl groups excluding tert-OH is 1. The molecule has 29 heavy (non-hydrogen) atoms. The molecule has 156 valence electrons. The van der Waals surface area contributed by atoms with Crippen LogP contribution >= 0.6 is 17.0 Å². The third-order valence-electron chi connectivity index (χ3n) is 5.73. The van der Waals surface area contributed by atoms with Crippen molar-refractivity contribution in [3.05, 3.63) is 57.5 Å². The average molecular weight is 463 g/mol. The number of benzene rings is 1. The van der Waals surface area contributed by atoms with Gasteiger partial charge in [0, 0.05) is 36.4 Å². The lowest BCUT2D eigenvalue weighted by molar-refractivity contribution is 0.111. The summed E-state index contributed by atoms with van der Waals surface area (Å²) in [6.07, 6.45) is 3.82. The first kappa shape index (κ1) is 21.6. The van der Waals surface area contributed by atoms with Crippen LogP contribution in [0.25, 0.3) is 0 Å². The van der Waals surface area contributed by atoms with E-state index in [1.54, 1.807) is 24.8 Å². The fourth-order valence-corrected chi connectivity index (χ4v) is 4.34. The maximum absolute atomic E-state index is 11.8. The molecule has 1 N–H and O–H groups in total. The molecule has 1 aliphatic carbocycles. The Morgan fingerprint density at radius 2 is 2.03 bits per heavy atom. The largest absolute Gasteiger partial charge is 0.493 e. The van der Waals surface area contributed by atoms with Crippen molar-refractivity contribution in [3.63, 3.8) is 0 Å². The molecule has 1 aromatic carbocycles. The van der Waals surface area contributed by atoms with Crippen LogP contribution in [0, 0.1) is 0 Å². The Morgan fingerprint density at radius 3 is 2.72 bits per heavy atom. The SMILES string of the molecule is Br.CCOc1cc2c(cc1OC)C(c1ccc(=O)n(C)c1)=N[C@@H]1CC[C@@H](O)C[C@H]21. The lowest BCUT2D eigenvalue weighted by atomic mass is 9.74. The number of aliphatic hydroxyl groups is 1. The first-order valence-corrected chi connectivity index (χ1v) is 9.79. The van der Waals surface area contributed by atoms with E-state index in [4.69, 9.17) is 14.5 Å². The smallest absolute Gasteiger partial charge is 0.250 e. The number of pyridine rings is 1. The van der Waals surface area contributed by atoms with E-state index in [-0.39, 0.29) is 40.6 Å². The summed E-state index contributed by atoms with van der Waals surface area (Å²) in [5.74, 6) is 1.53. The Hall–Kier alpha value is -2.12. The van der Waals surface area contributed by atoms with Gasteiger partial charge in [0.2, 0.25) is 5.56 Å². The van der Waals surface area contributed by atoms with E-state index in [0.29, 0.717) is 24.5 Å². The molecule has 0 unspecified atom stereocenters. The summed E-state index contributed by atoms with van der Waals surface area (Å²) in [4.78, 5) is 16.9. The van der Waals surface area contributed by atoms with Gasteiger partial charge >= 0.3 is 0 Å². The number of ether oxygens (including phenoxy) is 2. The number of aliphatic imine (C=N–C) groups is 1. The maximum atomic E-state index is 11.8. The number of fused-ring (bicyclic) bond motifs is 3. The minimum atomic E-state index is -0.305. The van der Waals surface area contributed by atoms with Crippen molar-refractivity contribution in [2.75, 3.05) is 13.7 Å². The van der Waals surface area contributed by atoms with E-state index in [1.807, 2.05) is 31.3 Å². The normalized spacial score (nSPS) is 22.6. The van der Waals surface area contributed by atoms with Gasteiger partial charge in [0.1, 0.15) is 0 Å².